The molecule has 6 rings (SSSR count). The van der Waals surface area contributed by atoms with Crippen molar-refractivity contribution in [3.05, 3.63) is 89.4 Å². The molecule has 0 radical (unpaired) electrons. The summed E-state index contributed by atoms with van der Waals surface area (Å²) < 4.78 is 5.43. The number of anilines is 2. The van der Waals surface area contributed by atoms with Gasteiger partial charge in [-0.05, 0) is 49.2 Å². The number of fused-ring (bicyclic) bond motifs is 5. The first kappa shape index (κ1) is 19.7. The molecule has 0 spiro atoms. The molecule has 33 heavy (non-hydrogen) atoms. The van der Waals surface area contributed by atoms with Crippen molar-refractivity contribution in [2.24, 2.45) is 11.8 Å². The van der Waals surface area contributed by atoms with Crippen LogP contribution in [0.25, 0.3) is 6.08 Å². The monoisotopic (exact) mass is 438 g/mol. The van der Waals surface area contributed by atoms with Crippen LogP contribution in [0, 0.1) is 25.7 Å². The molecule has 3 aliphatic heterocycles. The number of Topliss-reactive ketones (excluding diaryl/α,β-unsaturated/α-hetero) is 1. The van der Waals surface area contributed by atoms with Crippen LogP contribution < -0.4 is 9.80 Å². The van der Waals surface area contributed by atoms with E-state index in [2.05, 4.69) is 0 Å². The maximum absolute atomic E-state index is 13.8. The molecular formula is C27H22N2O4. The molecule has 2 amide bonds. The van der Waals surface area contributed by atoms with Gasteiger partial charge in [-0.25, -0.2) is 4.90 Å². The summed E-state index contributed by atoms with van der Waals surface area (Å²) in [6.07, 6.45) is 5.38. The molecule has 0 aliphatic carbocycles. The largest absolute Gasteiger partial charge is 0.461 e. The van der Waals surface area contributed by atoms with Gasteiger partial charge < -0.3 is 9.32 Å². The quantitative estimate of drug-likeness (QED) is 0.453. The van der Waals surface area contributed by atoms with Gasteiger partial charge in [0.25, 0.3) is 0 Å². The minimum Gasteiger partial charge on any atom is -0.461 e. The Morgan fingerprint density at radius 1 is 0.909 bits per heavy atom. The van der Waals surface area contributed by atoms with E-state index in [1.54, 1.807) is 12.1 Å². The summed E-state index contributed by atoms with van der Waals surface area (Å²) in [6.45, 7) is 3.87. The second-order valence-corrected chi connectivity index (χ2v) is 8.96. The molecule has 0 N–H and O–H groups in total. The summed E-state index contributed by atoms with van der Waals surface area (Å²) in [6, 6.07) is 15.5. The van der Waals surface area contributed by atoms with Gasteiger partial charge in [0, 0.05) is 5.69 Å². The van der Waals surface area contributed by atoms with Crippen LogP contribution in [0.2, 0.25) is 0 Å². The number of hydrogen-bond donors (Lipinski definition) is 0. The Hall–Kier alpha value is -3.93. The zero-order chi connectivity index (χ0) is 22.9. The van der Waals surface area contributed by atoms with Crippen molar-refractivity contribution in [1.29, 1.82) is 0 Å². The van der Waals surface area contributed by atoms with E-state index in [0.717, 1.165) is 22.4 Å². The molecule has 2 fully saturated rings. The van der Waals surface area contributed by atoms with Gasteiger partial charge in [-0.3, -0.25) is 14.4 Å². The molecule has 6 heteroatoms. The molecule has 1 aromatic heterocycles. The zero-order valence-corrected chi connectivity index (χ0v) is 18.3. The third kappa shape index (κ3) is 2.70. The van der Waals surface area contributed by atoms with Gasteiger partial charge in [-0.2, -0.15) is 0 Å². The minimum atomic E-state index is -0.829. The van der Waals surface area contributed by atoms with Gasteiger partial charge in [0.05, 0.1) is 29.8 Å². The van der Waals surface area contributed by atoms with Crippen molar-refractivity contribution in [3.63, 3.8) is 0 Å². The molecule has 4 atom stereocenters. The Balaban J connectivity index is 1.51. The molecule has 6 nitrogen and oxygen atoms in total. The second-order valence-electron chi connectivity index (χ2n) is 8.96. The Morgan fingerprint density at radius 2 is 1.70 bits per heavy atom. The number of carbonyl (C=O) groups excluding carboxylic acids is 3. The highest BCUT2D eigenvalue weighted by Crippen LogP contribution is 2.50. The molecular weight excluding hydrogens is 416 g/mol. The lowest BCUT2D eigenvalue weighted by Gasteiger charge is -2.36. The fourth-order valence-corrected chi connectivity index (χ4v) is 5.67. The van der Waals surface area contributed by atoms with Crippen LogP contribution in [0.4, 0.5) is 11.4 Å². The molecule has 4 heterocycles. The first-order chi connectivity index (χ1) is 16.0. The van der Waals surface area contributed by atoms with Crippen molar-refractivity contribution in [1.82, 2.24) is 0 Å². The average molecular weight is 438 g/mol. The zero-order valence-electron chi connectivity index (χ0n) is 18.3. The lowest BCUT2D eigenvalue weighted by atomic mass is 9.87. The maximum atomic E-state index is 13.8. The van der Waals surface area contributed by atoms with Crippen molar-refractivity contribution in [3.8, 4) is 0 Å². The number of aryl methyl sites for hydroxylation is 2. The van der Waals surface area contributed by atoms with Gasteiger partial charge in [0.15, 0.2) is 5.76 Å². The van der Waals surface area contributed by atoms with E-state index in [1.807, 2.05) is 73.4 Å². The topological polar surface area (TPSA) is 70.8 Å². The van der Waals surface area contributed by atoms with Gasteiger partial charge in [0.1, 0.15) is 6.04 Å². The summed E-state index contributed by atoms with van der Waals surface area (Å²) in [4.78, 5) is 44.5. The van der Waals surface area contributed by atoms with Crippen LogP contribution >= 0.6 is 0 Å². The lowest BCUT2D eigenvalue weighted by molar-refractivity contribution is -0.122. The number of para-hydroxylation sites is 1. The minimum absolute atomic E-state index is 0.191. The normalized spacial score (nSPS) is 25.3. The Bertz CT molecular complexity index is 1340. The number of ketones is 1. The van der Waals surface area contributed by atoms with E-state index in [9.17, 15) is 14.4 Å². The van der Waals surface area contributed by atoms with Crippen LogP contribution in [-0.2, 0) is 9.59 Å². The third-order valence-electron chi connectivity index (χ3n) is 7.04. The highest BCUT2D eigenvalue weighted by Gasteiger charge is 2.64. The molecule has 0 saturated carbocycles. The summed E-state index contributed by atoms with van der Waals surface area (Å²) in [5.74, 6) is -2.13. The Morgan fingerprint density at radius 3 is 2.45 bits per heavy atom. The molecule has 2 saturated heterocycles. The van der Waals surface area contributed by atoms with E-state index >= 15 is 0 Å². The first-order valence-corrected chi connectivity index (χ1v) is 11.1. The van der Waals surface area contributed by atoms with E-state index in [1.165, 1.54) is 11.2 Å². The predicted octanol–water partition coefficient (Wildman–Crippen LogP) is 4.17. The smallest absolute Gasteiger partial charge is 0.240 e. The highest BCUT2D eigenvalue weighted by atomic mass is 16.3. The number of rotatable bonds is 3. The molecule has 164 valence electrons. The fourth-order valence-electron chi connectivity index (χ4n) is 5.67. The van der Waals surface area contributed by atoms with Gasteiger partial charge in [-0.1, -0.05) is 48.0 Å². The standard InChI is InChI=1S/C27H22N2O4/c1-15-9-11-18(16(2)14-15)29-26(31)22-20-12-10-17-6-3-4-7-19(17)28(20)24(23(22)27(29)32)25(30)21-8-5-13-33-21/h3-14,20,22-24H,1-2H3/t20-,22-,23-,24+/m1/s1. The summed E-state index contributed by atoms with van der Waals surface area (Å²) in [7, 11) is 0. The second kappa shape index (κ2) is 7.04. The van der Waals surface area contributed by atoms with Crippen LogP contribution in [-0.4, -0.2) is 29.7 Å². The number of imide groups is 1. The van der Waals surface area contributed by atoms with Crippen molar-refractivity contribution < 1.29 is 18.8 Å². The number of carbonyl (C=O) groups is 3. The van der Waals surface area contributed by atoms with Crippen LogP contribution in [0.5, 0.6) is 0 Å². The maximum Gasteiger partial charge on any atom is 0.240 e. The molecule has 2 aromatic carbocycles. The fraction of sp³-hybridized carbons (Fsp3) is 0.222. The van der Waals surface area contributed by atoms with E-state index in [0.29, 0.717) is 5.69 Å². The third-order valence-corrected chi connectivity index (χ3v) is 7.04. The molecule has 0 bridgehead atoms. The number of benzene rings is 2. The van der Waals surface area contributed by atoms with E-state index in [-0.39, 0.29) is 29.4 Å². The number of furan rings is 1. The predicted molar refractivity (Wildman–Crippen MR) is 124 cm³/mol. The average Bonchev–Trinajstić information content (AvgIpc) is 3.51. The van der Waals surface area contributed by atoms with Crippen molar-refractivity contribution >= 4 is 35.0 Å². The van der Waals surface area contributed by atoms with Crippen LogP contribution in [0.15, 0.2) is 71.4 Å². The van der Waals surface area contributed by atoms with Crippen molar-refractivity contribution in [2.75, 3.05) is 9.80 Å². The SMILES string of the molecule is Cc1ccc(N2C(=O)[C@@H]3[C@H](C2=O)[C@H]2C=Cc4ccccc4N2[C@@H]3C(=O)c2ccco2)c(C)c1. The van der Waals surface area contributed by atoms with Gasteiger partial charge in [-0.15, -0.1) is 0 Å². The Kier molecular flexibility index (Phi) is 4.21. The summed E-state index contributed by atoms with van der Waals surface area (Å²) >= 11 is 0. The summed E-state index contributed by atoms with van der Waals surface area (Å²) in [5, 5.41) is 0. The lowest BCUT2D eigenvalue weighted by Crippen LogP contribution is -2.48. The molecule has 3 aromatic rings. The highest BCUT2D eigenvalue weighted by molar-refractivity contribution is 6.25. The van der Waals surface area contributed by atoms with Gasteiger partial charge >= 0.3 is 0 Å². The molecule has 3 aliphatic rings. The van der Waals surface area contributed by atoms with Crippen LogP contribution in [0.1, 0.15) is 27.2 Å². The summed E-state index contributed by atoms with van der Waals surface area (Å²) in [5.41, 5.74) is 4.30. The van der Waals surface area contributed by atoms with E-state index < -0.39 is 17.9 Å². The number of amides is 2. The van der Waals surface area contributed by atoms with Gasteiger partial charge in [0.2, 0.25) is 17.6 Å². The molecule has 0 unspecified atom stereocenters. The van der Waals surface area contributed by atoms with Crippen LogP contribution in [0.3, 0.4) is 0 Å². The number of hydrogen-bond acceptors (Lipinski definition) is 5. The Labute approximate surface area is 191 Å². The van der Waals surface area contributed by atoms with E-state index in [4.69, 9.17) is 4.42 Å². The first-order valence-electron chi connectivity index (χ1n) is 11.1. The number of nitrogens with zero attached hydrogens (tertiary/aromatic N) is 2. The van der Waals surface area contributed by atoms with Crippen molar-refractivity contribution in [2.45, 2.75) is 25.9 Å².